The number of hydrogen-bond acceptors (Lipinski definition) is 2. The second-order valence-electron chi connectivity index (χ2n) is 2.76. The van der Waals surface area contributed by atoms with Gasteiger partial charge in [-0.3, -0.25) is 4.98 Å². The van der Waals surface area contributed by atoms with Crippen molar-refractivity contribution >= 4 is 5.69 Å². The summed E-state index contributed by atoms with van der Waals surface area (Å²) in [6.45, 7) is 2.11. The topological polar surface area (TPSA) is 16.1 Å². The summed E-state index contributed by atoms with van der Waals surface area (Å²) >= 11 is 0. The Hall–Kier alpha value is -1.05. The van der Waals surface area contributed by atoms with E-state index in [1.165, 1.54) is 0 Å². The minimum atomic E-state index is 1.01. The maximum absolute atomic E-state index is 4.28. The lowest BCUT2D eigenvalue weighted by Crippen LogP contribution is -2.08. The third-order valence-electron chi connectivity index (χ3n) is 1.69. The Morgan fingerprint density at radius 1 is 1.36 bits per heavy atom. The van der Waals surface area contributed by atoms with E-state index >= 15 is 0 Å². The van der Waals surface area contributed by atoms with E-state index in [1.54, 1.807) is 0 Å². The highest BCUT2D eigenvalue weighted by Crippen LogP contribution is 2.08. The Morgan fingerprint density at radius 2 is 2.09 bits per heavy atom. The Kier molecular flexibility index (Phi) is 2.47. The predicted molar refractivity (Wildman–Crippen MR) is 47.9 cm³/mol. The Balaban J connectivity index is 2.83. The second kappa shape index (κ2) is 3.37. The molecule has 2 heteroatoms. The van der Waals surface area contributed by atoms with E-state index in [-0.39, 0.29) is 0 Å². The molecular weight excluding hydrogens is 136 g/mol. The summed E-state index contributed by atoms with van der Waals surface area (Å²) in [4.78, 5) is 6.32. The number of hydrogen-bond donors (Lipinski definition) is 0. The molecule has 2 nitrogen and oxygen atoms in total. The summed E-state index contributed by atoms with van der Waals surface area (Å²) in [5.74, 6) is 0. The Bertz CT molecular complexity index is 214. The monoisotopic (exact) mass is 150 g/mol. The molecule has 0 bridgehead atoms. The lowest BCUT2D eigenvalue weighted by molar-refractivity contribution is 1.02. The van der Waals surface area contributed by atoms with Crippen LogP contribution in [0.1, 0.15) is 12.6 Å². The standard InChI is InChI=1S/C9H14N2/c1-4-8-5-6-9(7-10-8)11(2)3/h5-7H,4H2,1-3H3. The van der Waals surface area contributed by atoms with Crippen molar-refractivity contribution in [2.75, 3.05) is 19.0 Å². The van der Waals surface area contributed by atoms with Crippen LogP contribution in [0.25, 0.3) is 0 Å². The highest BCUT2D eigenvalue weighted by atomic mass is 15.1. The van der Waals surface area contributed by atoms with Crippen molar-refractivity contribution in [3.63, 3.8) is 0 Å². The van der Waals surface area contributed by atoms with E-state index in [2.05, 4.69) is 24.0 Å². The fourth-order valence-corrected chi connectivity index (χ4v) is 0.890. The summed E-state index contributed by atoms with van der Waals surface area (Å²) in [6, 6.07) is 4.15. The van der Waals surface area contributed by atoms with Crippen LogP contribution in [0.2, 0.25) is 0 Å². The number of nitrogens with zero attached hydrogens (tertiary/aromatic N) is 2. The van der Waals surface area contributed by atoms with Crippen LogP contribution >= 0.6 is 0 Å². The van der Waals surface area contributed by atoms with Gasteiger partial charge in [-0.05, 0) is 18.6 Å². The van der Waals surface area contributed by atoms with Crippen molar-refractivity contribution in [1.82, 2.24) is 4.98 Å². The lowest BCUT2D eigenvalue weighted by Gasteiger charge is -2.11. The quantitative estimate of drug-likeness (QED) is 0.638. The Labute approximate surface area is 67.9 Å². The fraction of sp³-hybridized carbons (Fsp3) is 0.444. The number of pyridine rings is 1. The largest absolute Gasteiger partial charge is 0.376 e. The maximum atomic E-state index is 4.28. The van der Waals surface area contributed by atoms with Gasteiger partial charge in [-0.15, -0.1) is 0 Å². The smallest absolute Gasteiger partial charge is 0.0547 e. The third kappa shape index (κ3) is 1.93. The molecule has 0 amide bonds. The van der Waals surface area contributed by atoms with Crippen molar-refractivity contribution in [2.45, 2.75) is 13.3 Å². The average Bonchev–Trinajstić information content (AvgIpc) is 2.05. The molecule has 0 N–H and O–H groups in total. The van der Waals surface area contributed by atoms with E-state index in [1.807, 2.05) is 25.2 Å². The normalized spacial score (nSPS) is 9.73. The molecule has 0 aromatic carbocycles. The van der Waals surface area contributed by atoms with Crippen LogP contribution in [0.3, 0.4) is 0 Å². The molecule has 0 aliphatic carbocycles. The molecule has 1 aromatic rings. The minimum absolute atomic E-state index is 1.01. The maximum Gasteiger partial charge on any atom is 0.0547 e. The highest BCUT2D eigenvalue weighted by Gasteiger charge is 1.94. The van der Waals surface area contributed by atoms with E-state index < -0.39 is 0 Å². The van der Waals surface area contributed by atoms with Crippen molar-refractivity contribution in [3.8, 4) is 0 Å². The van der Waals surface area contributed by atoms with Crippen LogP contribution in [0.5, 0.6) is 0 Å². The fourth-order valence-electron chi connectivity index (χ4n) is 0.890. The highest BCUT2D eigenvalue weighted by molar-refractivity contribution is 5.42. The first-order valence-corrected chi connectivity index (χ1v) is 3.86. The van der Waals surface area contributed by atoms with Crippen LogP contribution in [-0.4, -0.2) is 19.1 Å². The molecule has 0 radical (unpaired) electrons. The van der Waals surface area contributed by atoms with Crippen molar-refractivity contribution < 1.29 is 0 Å². The molecular formula is C9H14N2. The lowest BCUT2D eigenvalue weighted by atomic mass is 10.3. The first-order valence-electron chi connectivity index (χ1n) is 3.86. The van der Waals surface area contributed by atoms with E-state index in [0.29, 0.717) is 0 Å². The summed E-state index contributed by atoms with van der Waals surface area (Å²) in [7, 11) is 4.03. The molecule has 0 atom stereocenters. The molecule has 0 saturated heterocycles. The zero-order valence-corrected chi connectivity index (χ0v) is 7.33. The van der Waals surface area contributed by atoms with Crippen LogP contribution in [0, 0.1) is 0 Å². The zero-order valence-electron chi connectivity index (χ0n) is 7.33. The van der Waals surface area contributed by atoms with E-state index in [4.69, 9.17) is 0 Å². The Morgan fingerprint density at radius 3 is 2.45 bits per heavy atom. The summed E-state index contributed by atoms with van der Waals surface area (Å²) < 4.78 is 0. The molecule has 0 aliphatic heterocycles. The van der Waals surface area contributed by atoms with E-state index in [0.717, 1.165) is 17.8 Å². The van der Waals surface area contributed by atoms with E-state index in [9.17, 15) is 0 Å². The second-order valence-corrected chi connectivity index (χ2v) is 2.76. The van der Waals surface area contributed by atoms with Gasteiger partial charge in [0.05, 0.1) is 11.9 Å². The molecule has 11 heavy (non-hydrogen) atoms. The van der Waals surface area contributed by atoms with Crippen molar-refractivity contribution in [1.29, 1.82) is 0 Å². The summed E-state index contributed by atoms with van der Waals surface area (Å²) in [5.41, 5.74) is 2.30. The van der Waals surface area contributed by atoms with Gasteiger partial charge in [-0.2, -0.15) is 0 Å². The molecule has 1 aromatic heterocycles. The number of rotatable bonds is 2. The van der Waals surface area contributed by atoms with Gasteiger partial charge < -0.3 is 4.90 Å². The molecule has 0 unspecified atom stereocenters. The van der Waals surface area contributed by atoms with Gasteiger partial charge in [0.1, 0.15) is 0 Å². The third-order valence-corrected chi connectivity index (χ3v) is 1.69. The number of aryl methyl sites for hydroxylation is 1. The van der Waals surface area contributed by atoms with Crippen molar-refractivity contribution in [3.05, 3.63) is 24.0 Å². The first-order chi connectivity index (χ1) is 5.24. The van der Waals surface area contributed by atoms with Gasteiger partial charge >= 0.3 is 0 Å². The molecule has 0 saturated carbocycles. The van der Waals surface area contributed by atoms with Gasteiger partial charge in [0, 0.05) is 19.8 Å². The van der Waals surface area contributed by atoms with Crippen LogP contribution in [0.15, 0.2) is 18.3 Å². The average molecular weight is 150 g/mol. The SMILES string of the molecule is CCc1ccc(N(C)C)cn1. The molecule has 1 rings (SSSR count). The van der Waals surface area contributed by atoms with Gasteiger partial charge in [-0.25, -0.2) is 0 Å². The molecule has 1 heterocycles. The molecule has 60 valence electrons. The summed E-state index contributed by atoms with van der Waals surface area (Å²) in [5, 5.41) is 0. The first kappa shape index (κ1) is 8.05. The van der Waals surface area contributed by atoms with Gasteiger partial charge in [-0.1, -0.05) is 6.92 Å². The summed E-state index contributed by atoms with van der Waals surface area (Å²) in [6.07, 6.45) is 2.91. The predicted octanol–water partition coefficient (Wildman–Crippen LogP) is 1.71. The zero-order chi connectivity index (χ0) is 8.27. The van der Waals surface area contributed by atoms with Crippen molar-refractivity contribution in [2.24, 2.45) is 0 Å². The van der Waals surface area contributed by atoms with Crippen LogP contribution in [0.4, 0.5) is 5.69 Å². The van der Waals surface area contributed by atoms with Gasteiger partial charge in [0.15, 0.2) is 0 Å². The van der Waals surface area contributed by atoms with Gasteiger partial charge in [0.25, 0.3) is 0 Å². The molecule has 0 spiro atoms. The molecule has 0 aliphatic rings. The molecule has 0 fully saturated rings. The number of anilines is 1. The number of aromatic nitrogens is 1. The minimum Gasteiger partial charge on any atom is -0.376 e. The van der Waals surface area contributed by atoms with Crippen LogP contribution < -0.4 is 4.90 Å². The van der Waals surface area contributed by atoms with Gasteiger partial charge in [0.2, 0.25) is 0 Å². The van der Waals surface area contributed by atoms with Crippen LogP contribution in [-0.2, 0) is 6.42 Å².